The van der Waals surface area contributed by atoms with Gasteiger partial charge in [-0.3, -0.25) is 9.78 Å². The normalized spacial score (nSPS) is 21.9. The number of rotatable bonds is 5. The van der Waals surface area contributed by atoms with E-state index in [1.54, 1.807) is 12.4 Å². The molecular weight excluding hydrogens is 304 g/mol. The minimum absolute atomic E-state index is 0.0801. The highest BCUT2D eigenvalue weighted by molar-refractivity contribution is 5.85. The number of pyridine rings is 1. The molecule has 2 fully saturated rings. The van der Waals surface area contributed by atoms with Crippen LogP contribution in [-0.4, -0.2) is 38.5 Å². The summed E-state index contributed by atoms with van der Waals surface area (Å²) in [5, 5.41) is 4.07. The van der Waals surface area contributed by atoms with Crippen molar-refractivity contribution in [3.8, 4) is 11.5 Å². The van der Waals surface area contributed by atoms with E-state index in [4.69, 9.17) is 4.52 Å². The van der Waals surface area contributed by atoms with Crippen molar-refractivity contribution in [3.05, 3.63) is 30.4 Å². The predicted octanol–water partition coefficient (Wildman–Crippen LogP) is 2.86. The Morgan fingerprint density at radius 3 is 2.92 bits per heavy atom. The molecule has 0 spiro atoms. The van der Waals surface area contributed by atoms with E-state index >= 15 is 0 Å². The smallest absolute Gasteiger partial charge is 0.258 e. The maximum absolute atomic E-state index is 12.6. The van der Waals surface area contributed by atoms with Crippen LogP contribution in [0.2, 0.25) is 0 Å². The number of likely N-dealkylation sites (tertiary alicyclic amines) is 1. The van der Waals surface area contributed by atoms with Crippen LogP contribution in [0.1, 0.15) is 44.9 Å². The fourth-order valence-electron chi connectivity index (χ4n) is 3.41. The van der Waals surface area contributed by atoms with Crippen molar-refractivity contribution in [1.29, 1.82) is 0 Å². The first-order valence-electron chi connectivity index (χ1n) is 8.70. The van der Waals surface area contributed by atoms with Gasteiger partial charge in [-0.1, -0.05) is 12.1 Å². The van der Waals surface area contributed by atoms with Gasteiger partial charge in [-0.15, -0.1) is 0 Å². The van der Waals surface area contributed by atoms with E-state index in [1.165, 1.54) is 0 Å². The lowest BCUT2D eigenvalue weighted by molar-refractivity contribution is -0.137. The van der Waals surface area contributed by atoms with Gasteiger partial charge in [0.15, 0.2) is 5.82 Å². The molecule has 0 bridgehead atoms. The monoisotopic (exact) mass is 326 g/mol. The molecule has 2 aromatic heterocycles. The molecule has 1 amide bonds. The second-order valence-electron chi connectivity index (χ2n) is 7.15. The molecule has 0 aromatic carbocycles. The van der Waals surface area contributed by atoms with Crippen molar-refractivity contribution in [3.63, 3.8) is 0 Å². The van der Waals surface area contributed by atoms with Crippen LogP contribution in [0, 0.1) is 5.41 Å². The number of amides is 1. The van der Waals surface area contributed by atoms with Crippen LogP contribution in [0.25, 0.3) is 11.5 Å². The van der Waals surface area contributed by atoms with Crippen molar-refractivity contribution < 1.29 is 9.32 Å². The SMILES string of the molecule is CC1(C(=O)N2CCCC2CCc2noc(-c3ccncc3)n2)CC1. The summed E-state index contributed by atoms with van der Waals surface area (Å²) < 4.78 is 5.34. The first-order valence-corrected chi connectivity index (χ1v) is 8.70. The van der Waals surface area contributed by atoms with Gasteiger partial charge < -0.3 is 9.42 Å². The number of hydrogen-bond acceptors (Lipinski definition) is 5. The van der Waals surface area contributed by atoms with E-state index in [-0.39, 0.29) is 5.41 Å². The molecule has 1 saturated heterocycles. The van der Waals surface area contributed by atoms with Crippen LogP contribution >= 0.6 is 0 Å². The standard InChI is InChI=1S/C18H22N4O2/c1-18(8-9-18)17(23)22-12-2-3-14(22)4-5-15-20-16(24-21-15)13-6-10-19-11-7-13/h6-7,10-11,14H,2-5,8-9,12H2,1H3. The molecular formula is C18H22N4O2. The molecule has 126 valence electrons. The van der Waals surface area contributed by atoms with Crippen LogP contribution in [0.4, 0.5) is 0 Å². The van der Waals surface area contributed by atoms with Gasteiger partial charge in [-0.2, -0.15) is 4.98 Å². The lowest BCUT2D eigenvalue weighted by Gasteiger charge is -2.27. The average Bonchev–Trinajstić information content (AvgIpc) is 3.05. The highest BCUT2D eigenvalue weighted by atomic mass is 16.5. The first kappa shape index (κ1) is 15.3. The van der Waals surface area contributed by atoms with Gasteiger partial charge >= 0.3 is 0 Å². The summed E-state index contributed by atoms with van der Waals surface area (Å²) in [6.07, 6.45) is 9.30. The molecule has 2 aromatic rings. The zero-order chi connectivity index (χ0) is 16.6. The first-order chi connectivity index (χ1) is 11.7. The molecule has 1 atom stereocenters. The highest BCUT2D eigenvalue weighted by Crippen LogP contribution is 2.47. The Balaban J connectivity index is 1.38. The molecule has 1 aliphatic carbocycles. The Bertz CT molecular complexity index is 724. The topological polar surface area (TPSA) is 72.1 Å². The predicted molar refractivity (Wildman–Crippen MR) is 87.9 cm³/mol. The third-order valence-corrected chi connectivity index (χ3v) is 5.25. The summed E-state index contributed by atoms with van der Waals surface area (Å²) in [6.45, 7) is 2.98. The Hall–Kier alpha value is -2.24. The van der Waals surface area contributed by atoms with E-state index in [0.717, 1.165) is 50.6 Å². The molecule has 6 heteroatoms. The van der Waals surface area contributed by atoms with Gasteiger partial charge in [0.2, 0.25) is 5.91 Å². The molecule has 6 nitrogen and oxygen atoms in total. The van der Waals surface area contributed by atoms with Crippen LogP contribution in [-0.2, 0) is 11.2 Å². The summed E-state index contributed by atoms with van der Waals surface area (Å²) in [5.41, 5.74) is 0.798. The third-order valence-electron chi connectivity index (χ3n) is 5.25. The third kappa shape index (κ3) is 2.92. The summed E-state index contributed by atoms with van der Waals surface area (Å²) in [4.78, 5) is 23.2. The second-order valence-corrected chi connectivity index (χ2v) is 7.15. The minimum Gasteiger partial charge on any atom is -0.339 e. The minimum atomic E-state index is -0.0801. The van der Waals surface area contributed by atoms with Gasteiger partial charge in [-0.05, 0) is 44.2 Å². The maximum Gasteiger partial charge on any atom is 0.258 e. The van der Waals surface area contributed by atoms with Gasteiger partial charge in [0.25, 0.3) is 5.89 Å². The van der Waals surface area contributed by atoms with Crippen molar-refractivity contribution in [2.45, 2.75) is 51.5 Å². The van der Waals surface area contributed by atoms with Crippen molar-refractivity contribution in [1.82, 2.24) is 20.0 Å². The zero-order valence-corrected chi connectivity index (χ0v) is 13.9. The fourth-order valence-corrected chi connectivity index (χ4v) is 3.41. The number of aromatic nitrogens is 3. The molecule has 2 aliphatic rings. The molecule has 0 radical (unpaired) electrons. The summed E-state index contributed by atoms with van der Waals surface area (Å²) in [7, 11) is 0. The van der Waals surface area contributed by atoms with Gasteiger partial charge in [0.1, 0.15) is 0 Å². The van der Waals surface area contributed by atoms with E-state index in [9.17, 15) is 4.79 Å². The largest absolute Gasteiger partial charge is 0.339 e. The van der Waals surface area contributed by atoms with Crippen molar-refractivity contribution >= 4 is 5.91 Å². The van der Waals surface area contributed by atoms with Gasteiger partial charge in [0.05, 0.1) is 0 Å². The zero-order valence-electron chi connectivity index (χ0n) is 13.9. The van der Waals surface area contributed by atoms with Crippen LogP contribution in [0.5, 0.6) is 0 Å². The van der Waals surface area contributed by atoms with Crippen molar-refractivity contribution in [2.24, 2.45) is 5.41 Å². The summed E-state index contributed by atoms with van der Waals surface area (Å²) in [6, 6.07) is 4.02. The number of nitrogens with zero attached hydrogens (tertiary/aromatic N) is 4. The second kappa shape index (κ2) is 6.00. The fraction of sp³-hybridized carbons (Fsp3) is 0.556. The molecule has 3 heterocycles. The lowest BCUT2D eigenvalue weighted by atomic mass is 10.0. The number of carbonyl (C=O) groups excluding carboxylic acids is 1. The number of carbonyl (C=O) groups is 1. The molecule has 4 rings (SSSR count). The maximum atomic E-state index is 12.6. The Labute approximate surface area is 141 Å². The number of aryl methyl sites for hydroxylation is 1. The summed E-state index contributed by atoms with van der Waals surface area (Å²) in [5.74, 6) is 1.58. The Morgan fingerprint density at radius 2 is 2.17 bits per heavy atom. The van der Waals surface area contributed by atoms with E-state index in [2.05, 4.69) is 26.9 Å². The van der Waals surface area contributed by atoms with E-state index in [0.29, 0.717) is 23.7 Å². The van der Waals surface area contributed by atoms with Crippen LogP contribution in [0.15, 0.2) is 29.0 Å². The Kier molecular flexibility index (Phi) is 3.82. The highest BCUT2D eigenvalue weighted by Gasteiger charge is 2.48. The average molecular weight is 326 g/mol. The van der Waals surface area contributed by atoms with Crippen LogP contribution in [0.3, 0.4) is 0 Å². The summed E-state index contributed by atoms with van der Waals surface area (Å²) >= 11 is 0. The van der Waals surface area contributed by atoms with Gasteiger partial charge in [0, 0.05) is 42.4 Å². The molecule has 1 aliphatic heterocycles. The molecule has 1 unspecified atom stereocenters. The van der Waals surface area contributed by atoms with Crippen LogP contribution < -0.4 is 0 Å². The Morgan fingerprint density at radius 1 is 1.38 bits per heavy atom. The van der Waals surface area contributed by atoms with E-state index in [1.807, 2.05) is 12.1 Å². The molecule has 0 N–H and O–H groups in total. The van der Waals surface area contributed by atoms with E-state index < -0.39 is 0 Å². The van der Waals surface area contributed by atoms with Gasteiger partial charge in [-0.25, -0.2) is 0 Å². The number of hydrogen-bond donors (Lipinski definition) is 0. The molecule has 1 saturated carbocycles. The lowest BCUT2D eigenvalue weighted by Crippen LogP contribution is -2.40. The molecule has 24 heavy (non-hydrogen) atoms. The van der Waals surface area contributed by atoms with Crippen molar-refractivity contribution in [2.75, 3.05) is 6.54 Å². The quantitative estimate of drug-likeness (QED) is 0.845.